The van der Waals surface area contributed by atoms with Crippen LogP contribution in [0.4, 0.5) is 4.79 Å². The second-order valence-electron chi connectivity index (χ2n) is 10.8. The molecule has 0 radical (unpaired) electrons. The van der Waals surface area contributed by atoms with Crippen molar-refractivity contribution in [3.63, 3.8) is 0 Å². The van der Waals surface area contributed by atoms with Crippen molar-refractivity contribution in [2.75, 3.05) is 0 Å². The molecule has 0 spiro atoms. The smallest absolute Gasteiger partial charge is 0.408 e. The lowest BCUT2D eigenvalue weighted by Crippen LogP contribution is -2.56. The van der Waals surface area contributed by atoms with Gasteiger partial charge < -0.3 is 20.3 Å². The highest BCUT2D eigenvalue weighted by Crippen LogP contribution is 2.37. The third-order valence-electron chi connectivity index (χ3n) is 6.59. The van der Waals surface area contributed by atoms with Crippen molar-refractivity contribution in [3.8, 4) is 12.3 Å². The third-order valence-corrected chi connectivity index (χ3v) is 6.59. The number of nitrogens with zero attached hydrogens (tertiary/aromatic N) is 1. The normalized spacial score (nSPS) is 15.4. The molecule has 0 aliphatic heterocycles. The van der Waals surface area contributed by atoms with Crippen LogP contribution in [-0.4, -0.2) is 40.5 Å². The Bertz CT molecular complexity index is 1160. The molecule has 3 atom stereocenters. The van der Waals surface area contributed by atoms with E-state index in [9.17, 15) is 14.4 Å². The molecule has 2 aromatic rings. The zero-order valence-corrected chi connectivity index (χ0v) is 23.0. The molecular formula is C31H39N3O4. The molecule has 38 heavy (non-hydrogen) atoms. The van der Waals surface area contributed by atoms with Gasteiger partial charge in [0.2, 0.25) is 11.8 Å². The maximum absolute atomic E-state index is 14.2. The van der Waals surface area contributed by atoms with Crippen LogP contribution in [0.15, 0.2) is 54.6 Å². The van der Waals surface area contributed by atoms with Crippen molar-refractivity contribution in [2.24, 2.45) is 5.92 Å². The summed E-state index contributed by atoms with van der Waals surface area (Å²) in [5.74, 6) is 1.84. The van der Waals surface area contributed by atoms with Crippen LogP contribution in [-0.2, 0) is 20.9 Å². The number of carbonyl (C=O) groups is 3. The lowest BCUT2D eigenvalue weighted by atomic mass is 9.94. The van der Waals surface area contributed by atoms with E-state index in [1.165, 1.54) is 0 Å². The number of nitrogens with one attached hydrogen (secondary N) is 2. The van der Waals surface area contributed by atoms with E-state index in [-0.39, 0.29) is 23.8 Å². The van der Waals surface area contributed by atoms with Crippen molar-refractivity contribution in [2.45, 2.75) is 84.2 Å². The number of alkyl carbamates (subject to hydrolysis) is 1. The molecule has 3 amide bonds. The fraction of sp³-hybridized carbons (Fsp3) is 0.452. The minimum absolute atomic E-state index is 0.132. The Morgan fingerprint density at radius 2 is 1.71 bits per heavy atom. The van der Waals surface area contributed by atoms with E-state index in [1.54, 1.807) is 37.8 Å². The summed E-state index contributed by atoms with van der Waals surface area (Å²) in [5.41, 5.74) is 1.36. The molecule has 0 heterocycles. The zero-order chi connectivity index (χ0) is 27.9. The molecule has 2 aromatic carbocycles. The first-order valence-electron chi connectivity index (χ1n) is 13.2. The van der Waals surface area contributed by atoms with Crippen molar-refractivity contribution < 1.29 is 19.1 Å². The molecular weight excluding hydrogens is 478 g/mol. The summed E-state index contributed by atoms with van der Waals surface area (Å²) >= 11 is 0. The van der Waals surface area contributed by atoms with E-state index in [0.29, 0.717) is 24.1 Å². The lowest BCUT2D eigenvalue weighted by Gasteiger charge is -2.36. The molecule has 1 fully saturated rings. The molecule has 1 aliphatic rings. The van der Waals surface area contributed by atoms with E-state index < -0.39 is 23.8 Å². The number of benzene rings is 2. The van der Waals surface area contributed by atoms with Gasteiger partial charge in [-0.3, -0.25) is 9.59 Å². The van der Waals surface area contributed by atoms with E-state index in [1.807, 2.05) is 56.3 Å². The Morgan fingerprint density at radius 3 is 2.29 bits per heavy atom. The number of ether oxygens (including phenoxy) is 1. The van der Waals surface area contributed by atoms with Crippen LogP contribution in [0.5, 0.6) is 0 Å². The molecule has 7 heteroatoms. The molecule has 0 bridgehead atoms. The largest absolute Gasteiger partial charge is 0.444 e. The highest BCUT2D eigenvalue weighted by atomic mass is 16.6. The number of terminal acetylenes is 1. The van der Waals surface area contributed by atoms with E-state index in [0.717, 1.165) is 18.4 Å². The number of amides is 3. The maximum Gasteiger partial charge on any atom is 0.408 e. The Balaban J connectivity index is 1.99. The molecule has 1 aliphatic carbocycles. The highest BCUT2D eigenvalue weighted by Gasteiger charge is 2.45. The molecule has 0 saturated heterocycles. The SMILES string of the molecule is C#Cc1ccccc1C(C(=O)NCc1ccccc1)N(C(=O)C(NC(=O)OC(C)(C)C)C(C)CC)C1CC1. The van der Waals surface area contributed by atoms with Crippen molar-refractivity contribution in [3.05, 3.63) is 71.3 Å². The molecule has 0 aromatic heterocycles. The summed E-state index contributed by atoms with van der Waals surface area (Å²) in [4.78, 5) is 42.4. The van der Waals surface area contributed by atoms with Crippen LogP contribution in [0.25, 0.3) is 0 Å². The Hall–Kier alpha value is -3.79. The van der Waals surface area contributed by atoms with Gasteiger partial charge in [0.05, 0.1) is 0 Å². The van der Waals surface area contributed by atoms with E-state index >= 15 is 0 Å². The number of hydrogen-bond acceptors (Lipinski definition) is 4. The molecule has 3 rings (SSSR count). The summed E-state index contributed by atoms with van der Waals surface area (Å²) in [6.07, 6.45) is 7.34. The van der Waals surface area contributed by atoms with Gasteiger partial charge in [0.25, 0.3) is 0 Å². The molecule has 1 saturated carbocycles. The lowest BCUT2D eigenvalue weighted by molar-refractivity contribution is -0.144. The second kappa shape index (κ2) is 12.6. The number of carbonyl (C=O) groups excluding carboxylic acids is 3. The van der Waals surface area contributed by atoms with Gasteiger partial charge in [-0.25, -0.2) is 4.79 Å². The van der Waals surface area contributed by atoms with Crippen LogP contribution in [0.2, 0.25) is 0 Å². The molecule has 2 N–H and O–H groups in total. The fourth-order valence-electron chi connectivity index (χ4n) is 4.31. The highest BCUT2D eigenvalue weighted by molar-refractivity contribution is 5.93. The zero-order valence-electron chi connectivity index (χ0n) is 23.0. The topological polar surface area (TPSA) is 87.7 Å². The average Bonchev–Trinajstić information content (AvgIpc) is 3.73. The predicted octanol–water partition coefficient (Wildman–Crippen LogP) is 4.96. The quantitative estimate of drug-likeness (QED) is 0.436. The summed E-state index contributed by atoms with van der Waals surface area (Å²) < 4.78 is 5.46. The van der Waals surface area contributed by atoms with Crippen LogP contribution in [0, 0.1) is 18.3 Å². The van der Waals surface area contributed by atoms with Crippen LogP contribution in [0.3, 0.4) is 0 Å². The first kappa shape index (κ1) is 28.8. The molecule has 202 valence electrons. The third kappa shape index (κ3) is 7.61. The van der Waals surface area contributed by atoms with Gasteiger partial charge in [-0.15, -0.1) is 6.42 Å². The first-order chi connectivity index (χ1) is 18.1. The first-order valence-corrected chi connectivity index (χ1v) is 13.2. The van der Waals surface area contributed by atoms with Gasteiger partial charge in [-0.1, -0.05) is 74.7 Å². The summed E-state index contributed by atoms with van der Waals surface area (Å²) in [6.45, 7) is 9.49. The summed E-state index contributed by atoms with van der Waals surface area (Å²) in [6, 6.07) is 14.8. The summed E-state index contributed by atoms with van der Waals surface area (Å²) in [5, 5.41) is 5.80. The van der Waals surface area contributed by atoms with Gasteiger partial charge in [-0.2, -0.15) is 0 Å². The average molecular weight is 518 g/mol. The van der Waals surface area contributed by atoms with Crippen molar-refractivity contribution in [1.82, 2.24) is 15.5 Å². The standard InChI is InChI=1S/C31H39N3O4/c1-7-21(3)26(33-30(37)38-31(4,5)6)29(36)34(24-18-19-24)27(25-17-13-12-16-23(25)8-2)28(35)32-20-22-14-10-9-11-15-22/h2,9-17,21,24,26-27H,7,18-20H2,1,3-6H3,(H,32,35)(H,33,37). The van der Waals surface area contributed by atoms with Crippen LogP contribution < -0.4 is 10.6 Å². The van der Waals surface area contributed by atoms with Crippen molar-refractivity contribution in [1.29, 1.82) is 0 Å². The van der Waals surface area contributed by atoms with Gasteiger partial charge in [0, 0.05) is 18.2 Å². The van der Waals surface area contributed by atoms with Crippen LogP contribution in [0.1, 0.15) is 76.6 Å². The van der Waals surface area contributed by atoms with E-state index in [4.69, 9.17) is 11.2 Å². The Kier molecular flexibility index (Phi) is 9.57. The van der Waals surface area contributed by atoms with Gasteiger partial charge in [-0.05, 0) is 56.7 Å². The van der Waals surface area contributed by atoms with Gasteiger partial charge in [0.1, 0.15) is 17.7 Å². The minimum Gasteiger partial charge on any atom is -0.444 e. The maximum atomic E-state index is 14.2. The summed E-state index contributed by atoms with van der Waals surface area (Å²) in [7, 11) is 0. The number of hydrogen-bond donors (Lipinski definition) is 2. The molecule has 7 nitrogen and oxygen atoms in total. The molecule has 3 unspecified atom stereocenters. The monoisotopic (exact) mass is 517 g/mol. The van der Waals surface area contributed by atoms with Crippen molar-refractivity contribution >= 4 is 17.9 Å². The Labute approximate surface area is 226 Å². The van der Waals surface area contributed by atoms with Gasteiger partial charge >= 0.3 is 6.09 Å². The minimum atomic E-state index is -0.946. The van der Waals surface area contributed by atoms with E-state index in [2.05, 4.69) is 16.6 Å². The fourth-order valence-corrected chi connectivity index (χ4v) is 4.31. The van der Waals surface area contributed by atoms with Crippen LogP contribution >= 0.6 is 0 Å². The second-order valence-corrected chi connectivity index (χ2v) is 10.8. The predicted molar refractivity (Wildman–Crippen MR) is 148 cm³/mol. The number of rotatable bonds is 10. The Morgan fingerprint density at radius 1 is 1.08 bits per heavy atom. The van der Waals surface area contributed by atoms with Gasteiger partial charge in [0.15, 0.2) is 0 Å².